The van der Waals surface area contributed by atoms with Crippen LogP contribution < -0.4 is 9.64 Å². The van der Waals surface area contributed by atoms with Gasteiger partial charge >= 0.3 is 6.01 Å². The third-order valence-electron chi connectivity index (χ3n) is 10.5. The third-order valence-corrected chi connectivity index (χ3v) is 11.9. The molecule has 1 aromatic carbocycles. The van der Waals surface area contributed by atoms with E-state index in [0.29, 0.717) is 41.3 Å². The molecule has 9 rings (SSSR count). The number of hydrogen-bond donors (Lipinski definition) is 2. The summed E-state index contributed by atoms with van der Waals surface area (Å²) in [6.07, 6.45) is 8.05. The number of β-amino-alcohol motifs (C(OH)–C–C–N with tert-alkyl or cyclic N) is 1. The summed E-state index contributed by atoms with van der Waals surface area (Å²) < 4.78 is 49.0. The first-order valence-electron chi connectivity index (χ1n) is 17.2. The van der Waals surface area contributed by atoms with Gasteiger partial charge in [-0.15, -0.1) is 11.3 Å². The van der Waals surface area contributed by atoms with Crippen LogP contribution in [0, 0.1) is 5.41 Å². The Kier molecular flexibility index (Phi) is 7.76. The standard InChI is InChI=1S/C35H37ClF2N6O5S/c1-33(46)15-43(9-11-47-17-33)30-27-20-7-8-39-28(29(20)50-31(27)42-32(41-30)49-18-34(16-45)14-35(34,37)38)26-21-13-40-44(24-4-2-3-10-48-24)23(21)12-22(36)25(26)19-5-6-19/h7-8,12-13,19,24,45-46H,2-6,9-11,14-18H2,1H3/t24?,33-,34+/m0/s1. The van der Waals surface area contributed by atoms with Crippen LogP contribution in [0.1, 0.15) is 63.2 Å². The second-order valence-electron chi connectivity index (χ2n) is 14.5. The van der Waals surface area contributed by atoms with Crippen molar-refractivity contribution in [2.24, 2.45) is 5.41 Å². The van der Waals surface area contributed by atoms with Crippen molar-refractivity contribution < 1.29 is 33.2 Å². The van der Waals surface area contributed by atoms with E-state index in [1.165, 1.54) is 11.3 Å². The highest BCUT2D eigenvalue weighted by atomic mass is 35.5. The molecule has 4 aliphatic rings. The van der Waals surface area contributed by atoms with Crippen molar-refractivity contribution in [2.45, 2.75) is 69.1 Å². The fourth-order valence-electron chi connectivity index (χ4n) is 7.52. The smallest absolute Gasteiger partial charge is 0.319 e. The number of benzene rings is 1. The Morgan fingerprint density at radius 1 is 1.16 bits per heavy atom. The highest BCUT2D eigenvalue weighted by Crippen LogP contribution is 2.60. The predicted octanol–water partition coefficient (Wildman–Crippen LogP) is 6.47. The summed E-state index contributed by atoms with van der Waals surface area (Å²) in [5.41, 5.74) is 0.800. The molecule has 4 fully saturated rings. The number of ether oxygens (including phenoxy) is 3. The largest absolute Gasteiger partial charge is 0.462 e. The summed E-state index contributed by atoms with van der Waals surface area (Å²) in [7, 11) is 0. The van der Waals surface area contributed by atoms with Crippen LogP contribution in [0.25, 0.3) is 42.5 Å². The number of rotatable bonds is 8. The van der Waals surface area contributed by atoms with Crippen molar-refractivity contribution in [3.05, 3.63) is 35.1 Å². The number of alkyl halides is 2. The Hall–Kier alpha value is -3.27. The fourth-order valence-corrected chi connectivity index (χ4v) is 9.02. The third kappa shape index (κ3) is 5.41. The Morgan fingerprint density at radius 2 is 2.00 bits per heavy atom. The Bertz CT molecular complexity index is 2130. The molecule has 11 nitrogen and oxygen atoms in total. The molecule has 0 amide bonds. The highest BCUT2D eigenvalue weighted by Gasteiger charge is 2.71. The van der Waals surface area contributed by atoms with Crippen molar-refractivity contribution in [1.29, 1.82) is 0 Å². The summed E-state index contributed by atoms with van der Waals surface area (Å²) in [6, 6.07) is 3.86. The minimum absolute atomic E-state index is 0.0773. The molecule has 1 unspecified atom stereocenters. The summed E-state index contributed by atoms with van der Waals surface area (Å²) in [4.78, 5) is 17.0. The Labute approximate surface area is 295 Å². The van der Waals surface area contributed by atoms with E-state index in [2.05, 4.69) is 0 Å². The molecule has 2 saturated carbocycles. The van der Waals surface area contributed by atoms with Crippen molar-refractivity contribution in [3.63, 3.8) is 0 Å². The van der Waals surface area contributed by atoms with E-state index >= 15 is 0 Å². The molecule has 6 heterocycles. The minimum atomic E-state index is -3.02. The number of anilines is 1. The Balaban J connectivity index is 1.24. The van der Waals surface area contributed by atoms with E-state index < -0.39 is 36.6 Å². The molecule has 0 spiro atoms. The van der Waals surface area contributed by atoms with Gasteiger partial charge in [0, 0.05) is 47.1 Å². The quantitative estimate of drug-likeness (QED) is 0.184. The zero-order chi connectivity index (χ0) is 34.4. The number of nitrogens with zero attached hydrogens (tertiary/aromatic N) is 6. The molecule has 0 bridgehead atoms. The number of aliphatic hydroxyl groups excluding tert-OH is 1. The second kappa shape index (κ2) is 11.9. The molecule has 2 N–H and O–H groups in total. The van der Waals surface area contributed by atoms with Crippen LogP contribution in [-0.2, 0) is 9.47 Å². The summed E-state index contributed by atoms with van der Waals surface area (Å²) >= 11 is 8.55. The topological polar surface area (TPSA) is 128 Å². The van der Waals surface area contributed by atoms with E-state index in [9.17, 15) is 19.0 Å². The maximum atomic E-state index is 14.2. The first-order chi connectivity index (χ1) is 24.1. The van der Waals surface area contributed by atoms with Crippen LogP contribution in [0.15, 0.2) is 24.5 Å². The fraction of sp³-hybridized carbons (Fsp3) is 0.543. The first kappa shape index (κ1) is 32.6. The maximum absolute atomic E-state index is 14.2. The second-order valence-corrected chi connectivity index (χ2v) is 15.9. The molecule has 2 saturated heterocycles. The lowest BCUT2D eigenvalue weighted by Crippen LogP contribution is -2.42. The van der Waals surface area contributed by atoms with Crippen LogP contribution in [0.4, 0.5) is 14.6 Å². The molecule has 50 heavy (non-hydrogen) atoms. The molecule has 15 heteroatoms. The average molecular weight is 727 g/mol. The molecule has 3 atom stereocenters. The summed E-state index contributed by atoms with van der Waals surface area (Å²) in [6.45, 7) is 2.41. The first-order valence-corrected chi connectivity index (χ1v) is 18.3. The van der Waals surface area contributed by atoms with E-state index in [0.717, 1.165) is 75.3 Å². The lowest BCUT2D eigenvalue weighted by Gasteiger charge is -2.28. The van der Waals surface area contributed by atoms with E-state index in [1.807, 2.05) is 27.9 Å². The summed E-state index contributed by atoms with van der Waals surface area (Å²) in [5, 5.41) is 28.9. The molecular weight excluding hydrogens is 690 g/mol. The molecule has 2 aliphatic heterocycles. The van der Waals surface area contributed by atoms with Gasteiger partial charge in [-0.25, -0.2) is 13.5 Å². The number of fused-ring (bicyclic) bond motifs is 4. The average Bonchev–Trinajstić information content (AvgIpc) is 3.95. The van der Waals surface area contributed by atoms with Gasteiger partial charge < -0.3 is 29.3 Å². The molecule has 4 aromatic heterocycles. The molecule has 2 aliphatic carbocycles. The number of hydrogen-bond acceptors (Lipinski definition) is 11. The van der Waals surface area contributed by atoms with Gasteiger partial charge in [0.15, 0.2) is 6.23 Å². The number of pyridine rings is 1. The zero-order valence-electron chi connectivity index (χ0n) is 27.5. The number of halogens is 3. The number of aromatic nitrogens is 5. The Morgan fingerprint density at radius 3 is 2.74 bits per heavy atom. The van der Waals surface area contributed by atoms with E-state index in [4.69, 9.17) is 45.9 Å². The van der Waals surface area contributed by atoms with Crippen molar-refractivity contribution in [1.82, 2.24) is 24.7 Å². The highest BCUT2D eigenvalue weighted by molar-refractivity contribution is 7.26. The van der Waals surface area contributed by atoms with Gasteiger partial charge in [0.1, 0.15) is 22.9 Å². The molecule has 264 valence electrons. The van der Waals surface area contributed by atoms with Crippen LogP contribution in [0.3, 0.4) is 0 Å². The SMILES string of the molecule is C[C@@]1(O)COCCN(c2nc(OC[C@]3(CO)CC3(F)F)nc3sc4c(-c5c(C6CC6)c(Cl)cc6c5cnn6C5CCCCO5)nccc4c23)C1. The van der Waals surface area contributed by atoms with E-state index in [1.54, 1.807) is 13.1 Å². The summed E-state index contributed by atoms with van der Waals surface area (Å²) in [5.74, 6) is -2.22. The lowest BCUT2D eigenvalue weighted by atomic mass is 9.95. The van der Waals surface area contributed by atoms with Gasteiger partial charge in [0.05, 0.1) is 59.3 Å². The zero-order valence-corrected chi connectivity index (χ0v) is 29.1. The predicted molar refractivity (Wildman–Crippen MR) is 186 cm³/mol. The monoisotopic (exact) mass is 726 g/mol. The van der Waals surface area contributed by atoms with Gasteiger partial charge in [-0.1, -0.05) is 11.6 Å². The van der Waals surface area contributed by atoms with Gasteiger partial charge in [-0.2, -0.15) is 15.1 Å². The van der Waals surface area contributed by atoms with Gasteiger partial charge in [-0.3, -0.25) is 4.98 Å². The van der Waals surface area contributed by atoms with Crippen LogP contribution in [0.5, 0.6) is 6.01 Å². The van der Waals surface area contributed by atoms with Crippen LogP contribution >= 0.6 is 22.9 Å². The van der Waals surface area contributed by atoms with Gasteiger partial charge in [-0.05, 0) is 62.6 Å². The molecule has 5 aromatic rings. The van der Waals surface area contributed by atoms with Crippen molar-refractivity contribution >= 4 is 60.0 Å². The molecule has 0 radical (unpaired) electrons. The van der Waals surface area contributed by atoms with Gasteiger partial charge in [0.25, 0.3) is 5.92 Å². The van der Waals surface area contributed by atoms with Crippen LogP contribution in [0.2, 0.25) is 5.02 Å². The minimum Gasteiger partial charge on any atom is -0.462 e. The molecular formula is C35H37ClF2N6O5S. The van der Waals surface area contributed by atoms with Crippen molar-refractivity contribution in [2.75, 3.05) is 51.0 Å². The maximum Gasteiger partial charge on any atom is 0.319 e. The lowest BCUT2D eigenvalue weighted by molar-refractivity contribution is -0.0366. The normalized spacial score (nSPS) is 26.9. The van der Waals surface area contributed by atoms with Crippen LogP contribution in [-0.4, -0.2) is 92.6 Å². The van der Waals surface area contributed by atoms with Crippen molar-refractivity contribution in [3.8, 4) is 17.3 Å². The number of aliphatic hydroxyl groups is 2. The number of thiophene rings is 1. The van der Waals surface area contributed by atoms with Gasteiger partial charge in [0.2, 0.25) is 0 Å². The van der Waals surface area contributed by atoms with E-state index in [-0.39, 0.29) is 25.4 Å².